The molecule has 0 amide bonds. The molecule has 6 nitrogen and oxygen atoms in total. The number of aromatic nitrogens is 1. The van der Waals surface area contributed by atoms with Crippen LogP contribution in [-0.2, 0) is 4.79 Å². The second-order valence-electron chi connectivity index (χ2n) is 7.04. The molecule has 1 aromatic rings. The minimum absolute atomic E-state index is 0.263. The standard InChI is InChI=1S/C18H28N4O2/c1-20-10-12-21(13-11-20)17-6-9-22(16-4-7-19-8-5-16)14-15(17)2-3-18(23)24/h4-5,7-8,15,17H,2-3,6,9-14H2,1H3,(H,23,24)/t15-,17+/m0/s1. The van der Waals surface area contributed by atoms with Crippen molar-refractivity contribution in [3.8, 4) is 0 Å². The monoisotopic (exact) mass is 332 g/mol. The lowest BCUT2D eigenvalue weighted by Crippen LogP contribution is -2.56. The molecule has 6 heteroatoms. The molecule has 2 fully saturated rings. The SMILES string of the molecule is CN1CCN([C@@H]2CCN(c3ccncc3)C[C@@H]2CCC(=O)O)CC1. The Morgan fingerprint density at radius 1 is 1.21 bits per heavy atom. The van der Waals surface area contributed by atoms with Gasteiger partial charge in [0.1, 0.15) is 0 Å². The van der Waals surface area contributed by atoms with Crippen molar-refractivity contribution in [2.75, 3.05) is 51.2 Å². The highest BCUT2D eigenvalue weighted by Gasteiger charge is 2.34. The Labute approximate surface area is 144 Å². The molecule has 3 rings (SSSR count). The smallest absolute Gasteiger partial charge is 0.303 e. The number of hydrogen-bond donors (Lipinski definition) is 1. The van der Waals surface area contributed by atoms with Gasteiger partial charge in [0.05, 0.1) is 0 Å². The molecule has 0 aliphatic carbocycles. The van der Waals surface area contributed by atoms with Crippen molar-refractivity contribution in [1.29, 1.82) is 0 Å². The normalized spacial score (nSPS) is 26.5. The molecule has 132 valence electrons. The Morgan fingerprint density at radius 3 is 2.58 bits per heavy atom. The van der Waals surface area contributed by atoms with Crippen LogP contribution >= 0.6 is 0 Å². The first-order valence-corrected chi connectivity index (χ1v) is 8.93. The maximum absolute atomic E-state index is 11.1. The van der Waals surface area contributed by atoms with Crippen molar-refractivity contribution in [2.45, 2.75) is 25.3 Å². The van der Waals surface area contributed by atoms with E-state index in [2.05, 4.69) is 26.7 Å². The molecule has 3 heterocycles. The Bertz CT molecular complexity index is 531. The number of nitrogens with zero attached hydrogens (tertiary/aromatic N) is 4. The van der Waals surface area contributed by atoms with Gasteiger partial charge in [-0.15, -0.1) is 0 Å². The zero-order chi connectivity index (χ0) is 16.9. The van der Waals surface area contributed by atoms with Crippen LogP contribution in [0.25, 0.3) is 0 Å². The molecule has 0 bridgehead atoms. The van der Waals surface area contributed by atoms with Gasteiger partial charge in [-0.2, -0.15) is 0 Å². The molecule has 1 N–H and O–H groups in total. The Kier molecular flexibility index (Phi) is 5.68. The van der Waals surface area contributed by atoms with E-state index in [0.29, 0.717) is 12.0 Å². The van der Waals surface area contributed by atoms with Crippen LogP contribution in [0.5, 0.6) is 0 Å². The lowest BCUT2D eigenvalue weighted by Gasteiger charge is -2.47. The molecule has 0 aromatic carbocycles. The lowest BCUT2D eigenvalue weighted by atomic mass is 9.86. The Balaban J connectivity index is 1.68. The van der Waals surface area contributed by atoms with Crippen LogP contribution in [0, 0.1) is 5.92 Å². The van der Waals surface area contributed by atoms with E-state index in [-0.39, 0.29) is 6.42 Å². The summed E-state index contributed by atoms with van der Waals surface area (Å²) >= 11 is 0. The molecular weight excluding hydrogens is 304 g/mol. The average Bonchev–Trinajstić information content (AvgIpc) is 2.61. The minimum atomic E-state index is -0.687. The summed E-state index contributed by atoms with van der Waals surface area (Å²) in [7, 11) is 2.17. The summed E-state index contributed by atoms with van der Waals surface area (Å²) in [5.41, 5.74) is 1.20. The van der Waals surface area contributed by atoms with Crippen molar-refractivity contribution in [3.05, 3.63) is 24.5 Å². The second kappa shape index (κ2) is 7.94. The number of likely N-dealkylation sites (N-methyl/N-ethyl adjacent to an activating group) is 1. The molecule has 0 spiro atoms. The van der Waals surface area contributed by atoms with Gasteiger partial charge in [-0.25, -0.2) is 0 Å². The maximum atomic E-state index is 11.1. The summed E-state index contributed by atoms with van der Waals surface area (Å²) in [5, 5.41) is 9.12. The summed E-state index contributed by atoms with van der Waals surface area (Å²) in [5.74, 6) is -0.278. The number of carbonyl (C=O) groups is 1. The number of carboxylic acids is 1. The van der Waals surface area contributed by atoms with Gasteiger partial charge in [-0.1, -0.05) is 0 Å². The summed E-state index contributed by atoms with van der Waals surface area (Å²) in [6.45, 7) is 6.38. The van der Waals surface area contributed by atoms with Gasteiger partial charge in [0.2, 0.25) is 0 Å². The van der Waals surface area contributed by atoms with E-state index >= 15 is 0 Å². The summed E-state index contributed by atoms with van der Waals surface area (Å²) in [6.07, 6.45) is 5.78. The number of carboxylic acid groups (broad SMARTS) is 1. The van der Waals surface area contributed by atoms with Gasteiger partial charge >= 0.3 is 5.97 Å². The summed E-state index contributed by atoms with van der Waals surface area (Å²) in [4.78, 5) is 22.5. The van der Waals surface area contributed by atoms with Crippen molar-refractivity contribution in [2.24, 2.45) is 5.92 Å². The molecule has 2 atom stereocenters. The van der Waals surface area contributed by atoms with E-state index in [1.165, 1.54) is 5.69 Å². The number of hydrogen-bond acceptors (Lipinski definition) is 5. The predicted octanol–water partition coefficient (Wildman–Crippen LogP) is 1.39. The van der Waals surface area contributed by atoms with Gasteiger partial charge in [0, 0.05) is 69.8 Å². The molecule has 2 aliphatic heterocycles. The quantitative estimate of drug-likeness (QED) is 0.879. The maximum Gasteiger partial charge on any atom is 0.303 e. The first-order chi connectivity index (χ1) is 11.6. The number of pyridine rings is 1. The van der Waals surface area contributed by atoms with Crippen molar-refractivity contribution in [3.63, 3.8) is 0 Å². The summed E-state index contributed by atoms with van der Waals surface area (Å²) < 4.78 is 0. The van der Waals surface area contributed by atoms with E-state index in [4.69, 9.17) is 5.11 Å². The highest BCUT2D eigenvalue weighted by atomic mass is 16.4. The molecule has 24 heavy (non-hydrogen) atoms. The number of aliphatic carboxylic acids is 1. The number of piperazine rings is 1. The van der Waals surface area contributed by atoms with Gasteiger partial charge in [-0.3, -0.25) is 14.7 Å². The largest absolute Gasteiger partial charge is 0.481 e. The van der Waals surface area contributed by atoms with E-state index in [1.807, 2.05) is 24.5 Å². The van der Waals surface area contributed by atoms with Crippen LogP contribution in [0.15, 0.2) is 24.5 Å². The molecular formula is C18H28N4O2. The summed E-state index contributed by atoms with van der Waals surface area (Å²) in [6, 6.07) is 4.60. The van der Waals surface area contributed by atoms with Crippen LogP contribution in [0.2, 0.25) is 0 Å². The van der Waals surface area contributed by atoms with Crippen LogP contribution in [0.3, 0.4) is 0 Å². The minimum Gasteiger partial charge on any atom is -0.481 e. The zero-order valence-corrected chi connectivity index (χ0v) is 14.5. The molecule has 0 unspecified atom stereocenters. The van der Waals surface area contributed by atoms with Crippen LogP contribution < -0.4 is 4.90 Å². The van der Waals surface area contributed by atoms with E-state index < -0.39 is 5.97 Å². The second-order valence-corrected chi connectivity index (χ2v) is 7.04. The number of piperidine rings is 1. The molecule has 0 radical (unpaired) electrons. The third-order valence-corrected chi connectivity index (χ3v) is 5.46. The fourth-order valence-corrected chi connectivity index (χ4v) is 4.04. The van der Waals surface area contributed by atoms with Gasteiger partial charge in [0.15, 0.2) is 0 Å². The number of rotatable bonds is 5. The highest BCUT2D eigenvalue weighted by Crippen LogP contribution is 2.29. The van der Waals surface area contributed by atoms with E-state index in [0.717, 1.165) is 52.1 Å². The zero-order valence-electron chi connectivity index (χ0n) is 14.5. The first kappa shape index (κ1) is 17.2. The molecule has 1 aromatic heterocycles. The van der Waals surface area contributed by atoms with Crippen molar-refractivity contribution >= 4 is 11.7 Å². The van der Waals surface area contributed by atoms with Gasteiger partial charge < -0.3 is 14.9 Å². The molecule has 2 saturated heterocycles. The van der Waals surface area contributed by atoms with Gasteiger partial charge in [-0.05, 0) is 37.9 Å². The van der Waals surface area contributed by atoms with Crippen molar-refractivity contribution < 1.29 is 9.90 Å². The van der Waals surface area contributed by atoms with Crippen LogP contribution in [0.4, 0.5) is 5.69 Å². The van der Waals surface area contributed by atoms with Crippen LogP contribution in [0.1, 0.15) is 19.3 Å². The van der Waals surface area contributed by atoms with E-state index in [1.54, 1.807) is 0 Å². The molecule has 2 aliphatic rings. The third-order valence-electron chi connectivity index (χ3n) is 5.46. The average molecular weight is 332 g/mol. The molecule has 0 saturated carbocycles. The van der Waals surface area contributed by atoms with Crippen LogP contribution in [-0.4, -0.2) is 78.2 Å². The highest BCUT2D eigenvalue weighted by molar-refractivity contribution is 5.66. The Morgan fingerprint density at radius 2 is 1.92 bits per heavy atom. The van der Waals surface area contributed by atoms with Crippen molar-refractivity contribution in [1.82, 2.24) is 14.8 Å². The predicted molar refractivity (Wildman–Crippen MR) is 94.3 cm³/mol. The van der Waals surface area contributed by atoms with Gasteiger partial charge in [0.25, 0.3) is 0 Å². The first-order valence-electron chi connectivity index (χ1n) is 8.93. The van der Waals surface area contributed by atoms with E-state index in [9.17, 15) is 4.79 Å². The fourth-order valence-electron chi connectivity index (χ4n) is 4.04. The lowest BCUT2D eigenvalue weighted by molar-refractivity contribution is -0.137. The fraction of sp³-hybridized carbons (Fsp3) is 0.667. The number of anilines is 1. The third kappa shape index (κ3) is 4.24. The Hall–Kier alpha value is -1.66. The topological polar surface area (TPSA) is 59.9 Å².